The first-order chi connectivity index (χ1) is 14.4. The van der Waals surface area contributed by atoms with Gasteiger partial charge in [0.25, 0.3) is 5.56 Å². The van der Waals surface area contributed by atoms with Crippen molar-refractivity contribution in [2.45, 2.75) is 98.7 Å². The first-order valence-corrected chi connectivity index (χ1v) is 10.9. The number of carbonyl (C=O) groups is 2. The maximum absolute atomic E-state index is 13.4. The molecule has 182 valence electrons. The second kappa shape index (κ2) is 8.57. The SMILES string of the molecule is COCn1oc(C(C)(C)C)c(C[C@@H]2C(=O)N(C)[C@@H](C(C)(C)C)N2C(=O)OC(C)(C)C)c1=O. The quantitative estimate of drug-likeness (QED) is 0.694. The van der Waals surface area contributed by atoms with Gasteiger partial charge in [-0.25, -0.2) is 4.79 Å². The molecule has 1 saturated heterocycles. The van der Waals surface area contributed by atoms with E-state index in [1.165, 1.54) is 12.0 Å². The van der Waals surface area contributed by atoms with Crippen LogP contribution in [0.1, 0.15) is 73.6 Å². The van der Waals surface area contributed by atoms with E-state index in [4.69, 9.17) is 14.0 Å². The zero-order valence-electron chi connectivity index (χ0n) is 21.4. The summed E-state index contributed by atoms with van der Waals surface area (Å²) < 4.78 is 17.7. The summed E-state index contributed by atoms with van der Waals surface area (Å²) in [5.41, 5.74) is -1.65. The van der Waals surface area contributed by atoms with Crippen molar-refractivity contribution in [2.75, 3.05) is 14.2 Å². The van der Waals surface area contributed by atoms with Crippen molar-refractivity contribution in [3.63, 3.8) is 0 Å². The molecule has 1 aliphatic heterocycles. The van der Waals surface area contributed by atoms with E-state index in [0.29, 0.717) is 11.3 Å². The molecule has 2 atom stereocenters. The highest BCUT2D eigenvalue weighted by Crippen LogP contribution is 2.37. The molecule has 0 unspecified atom stereocenters. The Morgan fingerprint density at radius 1 is 1.03 bits per heavy atom. The topological polar surface area (TPSA) is 94.2 Å². The molecule has 1 aromatic rings. The third-order valence-electron chi connectivity index (χ3n) is 5.26. The van der Waals surface area contributed by atoms with Crippen LogP contribution in [0.3, 0.4) is 0 Å². The first kappa shape index (κ1) is 26.0. The molecular weight excluding hydrogens is 414 g/mol. The molecule has 9 heteroatoms. The zero-order chi connectivity index (χ0) is 24.8. The number of amides is 2. The highest BCUT2D eigenvalue weighted by molar-refractivity contribution is 5.89. The average Bonchev–Trinajstić information content (AvgIpc) is 3.03. The molecule has 2 amide bonds. The second-order valence-corrected chi connectivity index (χ2v) is 11.5. The summed E-state index contributed by atoms with van der Waals surface area (Å²) in [5, 5.41) is 0. The number of methoxy groups -OCH3 is 1. The fourth-order valence-corrected chi connectivity index (χ4v) is 4.18. The molecule has 0 radical (unpaired) electrons. The van der Waals surface area contributed by atoms with Crippen LogP contribution < -0.4 is 5.56 Å². The maximum atomic E-state index is 13.4. The zero-order valence-corrected chi connectivity index (χ0v) is 21.4. The van der Waals surface area contributed by atoms with Crippen LogP contribution in [0.4, 0.5) is 4.79 Å². The minimum absolute atomic E-state index is 0.0284. The predicted octanol–water partition coefficient (Wildman–Crippen LogP) is 3.34. The average molecular weight is 454 g/mol. The lowest BCUT2D eigenvalue weighted by Gasteiger charge is -2.39. The Kier molecular flexibility index (Phi) is 6.96. The summed E-state index contributed by atoms with van der Waals surface area (Å²) in [5.74, 6) is 0.230. The van der Waals surface area contributed by atoms with Gasteiger partial charge in [-0.3, -0.25) is 14.5 Å². The Hall–Kier alpha value is -2.29. The van der Waals surface area contributed by atoms with Gasteiger partial charge < -0.3 is 18.9 Å². The minimum Gasteiger partial charge on any atom is -0.444 e. The van der Waals surface area contributed by atoms with Gasteiger partial charge in [-0.05, 0) is 20.8 Å². The van der Waals surface area contributed by atoms with E-state index in [0.717, 1.165) is 4.74 Å². The van der Waals surface area contributed by atoms with Gasteiger partial charge in [0.2, 0.25) is 5.91 Å². The fraction of sp³-hybridized carbons (Fsp3) is 0.783. The van der Waals surface area contributed by atoms with Gasteiger partial charge in [-0.2, -0.15) is 0 Å². The van der Waals surface area contributed by atoms with Gasteiger partial charge in [0, 0.05) is 31.4 Å². The van der Waals surface area contributed by atoms with Crippen molar-refractivity contribution < 1.29 is 23.6 Å². The number of rotatable bonds is 4. The number of ether oxygens (including phenoxy) is 2. The molecule has 0 aromatic carbocycles. The molecule has 1 aromatic heterocycles. The van der Waals surface area contributed by atoms with E-state index in [1.54, 1.807) is 32.7 Å². The van der Waals surface area contributed by atoms with Crippen LogP contribution in [-0.4, -0.2) is 58.5 Å². The Balaban J connectivity index is 2.61. The van der Waals surface area contributed by atoms with Crippen LogP contribution in [0.25, 0.3) is 0 Å². The molecule has 1 fully saturated rings. The second-order valence-electron chi connectivity index (χ2n) is 11.5. The maximum Gasteiger partial charge on any atom is 0.412 e. The molecule has 0 N–H and O–H groups in total. The predicted molar refractivity (Wildman–Crippen MR) is 120 cm³/mol. The van der Waals surface area contributed by atoms with Gasteiger partial charge in [0.05, 0.1) is 5.56 Å². The smallest absolute Gasteiger partial charge is 0.412 e. The summed E-state index contributed by atoms with van der Waals surface area (Å²) in [6, 6.07) is -0.888. The van der Waals surface area contributed by atoms with Gasteiger partial charge in [0.15, 0.2) is 6.73 Å². The fourth-order valence-electron chi connectivity index (χ4n) is 4.18. The molecular formula is C23H39N3O6. The highest BCUT2D eigenvalue weighted by atomic mass is 16.6. The summed E-state index contributed by atoms with van der Waals surface area (Å²) in [6.45, 7) is 17.0. The third-order valence-corrected chi connectivity index (χ3v) is 5.26. The van der Waals surface area contributed by atoms with Crippen molar-refractivity contribution in [2.24, 2.45) is 5.41 Å². The van der Waals surface area contributed by atoms with Gasteiger partial charge >= 0.3 is 6.09 Å². The van der Waals surface area contributed by atoms with E-state index in [9.17, 15) is 14.4 Å². The Bertz CT molecular complexity index is 910. The first-order valence-electron chi connectivity index (χ1n) is 10.9. The Morgan fingerprint density at radius 3 is 2.03 bits per heavy atom. The molecule has 0 saturated carbocycles. The normalized spacial score (nSPS) is 20.3. The largest absolute Gasteiger partial charge is 0.444 e. The lowest BCUT2D eigenvalue weighted by molar-refractivity contribution is -0.129. The Morgan fingerprint density at radius 2 is 1.59 bits per heavy atom. The standard InChI is InChI=1S/C23H39N3O6/c1-21(2,3)16-14(17(27)25(32-16)13-30-11)12-15-18(28)24(10)19(22(4,5)6)26(15)20(29)31-23(7,8)9/h15,19H,12-13H2,1-11H3/t15-,19-/m1/s1. The van der Waals surface area contributed by atoms with Crippen molar-refractivity contribution in [3.8, 4) is 0 Å². The molecule has 1 aliphatic rings. The number of hydrogen-bond donors (Lipinski definition) is 0. The van der Waals surface area contributed by atoms with Gasteiger partial charge in [-0.15, -0.1) is 4.74 Å². The van der Waals surface area contributed by atoms with Crippen LogP contribution >= 0.6 is 0 Å². The van der Waals surface area contributed by atoms with E-state index in [1.807, 2.05) is 41.5 Å². The minimum atomic E-state index is -0.888. The number of likely N-dealkylation sites (N-methyl/N-ethyl adjacent to an activating group) is 1. The summed E-state index contributed by atoms with van der Waals surface area (Å²) in [4.78, 5) is 42.8. The van der Waals surface area contributed by atoms with Crippen molar-refractivity contribution in [1.29, 1.82) is 0 Å². The van der Waals surface area contributed by atoms with E-state index in [-0.39, 0.29) is 24.6 Å². The van der Waals surface area contributed by atoms with Crippen molar-refractivity contribution >= 4 is 12.0 Å². The third kappa shape index (κ3) is 5.19. The van der Waals surface area contributed by atoms with Crippen molar-refractivity contribution in [1.82, 2.24) is 14.5 Å². The molecule has 0 bridgehead atoms. The van der Waals surface area contributed by atoms with E-state index >= 15 is 0 Å². The van der Waals surface area contributed by atoms with Crippen molar-refractivity contribution in [3.05, 3.63) is 21.7 Å². The number of carbonyl (C=O) groups excluding carboxylic acids is 2. The molecule has 2 heterocycles. The molecule has 32 heavy (non-hydrogen) atoms. The highest BCUT2D eigenvalue weighted by Gasteiger charge is 2.53. The number of nitrogens with zero attached hydrogens (tertiary/aromatic N) is 3. The summed E-state index contributed by atoms with van der Waals surface area (Å²) in [7, 11) is 3.15. The molecule has 9 nitrogen and oxygen atoms in total. The van der Waals surface area contributed by atoms with Crippen LogP contribution in [0.15, 0.2) is 9.32 Å². The van der Waals surface area contributed by atoms with Crippen LogP contribution in [-0.2, 0) is 32.8 Å². The lowest BCUT2D eigenvalue weighted by atomic mass is 9.88. The molecule has 0 aliphatic carbocycles. The molecule has 0 spiro atoms. The van der Waals surface area contributed by atoms with Crippen LogP contribution in [0.2, 0.25) is 0 Å². The lowest BCUT2D eigenvalue weighted by Crippen LogP contribution is -2.52. The van der Waals surface area contributed by atoms with Gasteiger partial charge in [-0.1, -0.05) is 41.5 Å². The van der Waals surface area contributed by atoms with Gasteiger partial charge in [0.1, 0.15) is 23.6 Å². The van der Waals surface area contributed by atoms with E-state index < -0.39 is 34.7 Å². The monoisotopic (exact) mass is 453 g/mol. The summed E-state index contributed by atoms with van der Waals surface area (Å²) in [6.07, 6.45) is -1.08. The number of hydrogen-bond acceptors (Lipinski definition) is 6. The Labute approximate surface area is 190 Å². The van der Waals surface area contributed by atoms with Crippen LogP contribution in [0, 0.1) is 5.41 Å². The summed E-state index contributed by atoms with van der Waals surface area (Å²) >= 11 is 0. The van der Waals surface area contributed by atoms with E-state index in [2.05, 4.69) is 0 Å². The molecule has 2 rings (SSSR count). The number of aromatic nitrogens is 1. The van der Waals surface area contributed by atoms with Crippen LogP contribution in [0.5, 0.6) is 0 Å².